The fourth-order valence-corrected chi connectivity index (χ4v) is 42.8. The van der Waals surface area contributed by atoms with Gasteiger partial charge in [-0.05, 0) is 174 Å². The first-order valence-corrected chi connectivity index (χ1v) is 84.7. The molecule has 1 heterocycles. The van der Waals surface area contributed by atoms with E-state index < -0.39 is 94.8 Å². The monoisotopic (exact) mass is 2400 g/mol. The van der Waals surface area contributed by atoms with E-state index in [2.05, 4.69) is 449 Å². The third-order valence-electron chi connectivity index (χ3n) is 31.5. The molecule has 0 bridgehead atoms. The summed E-state index contributed by atoms with van der Waals surface area (Å²) in [6, 6.07) is 122. The van der Waals surface area contributed by atoms with Gasteiger partial charge in [-0.25, -0.2) is 0 Å². The number of benzene rings is 10. The van der Waals surface area contributed by atoms with Crippen LogP contribution in [0.2, 0.25) is 55.9 Å². The van der Waals surface area contributed by atoms with Gasteiger partial charge in [0.2, 0.25) is 0 Å². The van der Waals surface area contributed by atoms with Gasteiger partial charge in [0.25, 0.3) is 0 Å². The molecule has 2 spiro atoms. The Morgan fingerprint density at radius 1 is 0.309 bits per heavy atom. The summed E-state index contributed by atoms with van der Waals surface area (Å²) in [6.45, 7) is 42.4. The van der Waals surface area contributed by atoms with E-state index in [0.29, 0.717) is 5.04 Å². The van der Waals surface area contributed by atoms with Crippen molar-refractivity contribution in [1.29, 1.82) is 0 Å². The Bertz CT molecular complexity index is 6540. The molecule has 3 atom stereocenters. The molecule has 0 amide bonds. The number of fused-ring (bicyclic) bond motifs is 11. The van der Waals surface area contributed by atoms with E-state index in [1.807, 2.05) is 0 Å². The molecule has 3 unspecified atom stereocenters. The molecule has 0 aromatic heterocycles. The van der Waals surface area contributed by atoms with Gasteiger partial charge in [-0.2, -0.15) is 60.7 Å². The van der Waals surface area contributed by atoms with Crippen LogP contribution in [-0.2, 0) is 99.4 Å². The fraction of sp³-hybridized carbons (Fsp3) is 0.379. The molecule has 149 heavy (non-hydrogen) atoms. The number of unbranched alkanes of at least 4 members (excludes halogenated alkanes) is 12. The normalized spacial score (nSPS) is 15.1. The third-order valence-corrected chi connectivity index (χ3v) is 51.2. The second-order valence-electron chi connectivity index (χ2n) is 46.5. The molecule has 19 rings (SSSR count). The standard InChI is InChI=1S/2C36H42OSi.C31H40OSi.C29H36OSi.6ClH.3Zr/c2*1-36(2,3)37-24-14-5-6-15-25-38(4,34-23-22-29-18-10-12-20-32(29)34)35-31(26-28-16-8-7-9-17-28)27-30-19-11-13-21-33(30)35;1-29(2,3)32-21-13-7-6-8-14-24-19-20-30(22-24)23-31(33(30,4)5)27-17-11-9-15-25(27)26-16-10-12-18-28(26)31;1-29(2,3)30-21-11-5-6-12-22-31(4,27-19-17-23-13-7-9-15-25(23)27)28-20-18-24-14-8-10-16-26(24)28;;;;;;;;;/h2*7-13,16-23,27H,5-6,14-15,24-26H2,1-4H3;9-12,15-20,22H,6-8,13-14,21,23H2,1-5H3;7-10,13-20H,5-6,11-12,21-22H2,1-4H3;6*1H;;;/q2*-2;;-2;;;;;;;3*+4/p-6. The molecule has 0 saturated carbocycles. The maximum atomic E-state index is 5.97. The molecule has 2 aliphatic carbocycles. The van der Waals surface area contributed by atoms with Crippen LogP contribution in [0.25, 0.3) is 75.8 Å². The summed E-state index contributed by atoms with van der Waals surface area (Å²) < 4.78 is 23.7. The first-order valence-electron chi connectivity index (χ1n) is 54.6. The topological polar surface area (TPSA) is 36.9 Å². The quantitative estimate of drug-likeness (QED) is 0.0220. The van der Waals surface area contributed by atoms with E-state index in [9.17, 15) is 0 Å². The van der Waals surface area contributed by atoms with Crippen molar-refractivity contribution in [2.75, 3.05) is 26.4 Å². The molecule has 1 saturated heterocycles. The summed E-state index contributed by atoms with van der Waals surface area (Å²) in [7, 11) is 21.9. The fourth-order valence-electron chi connectivity index (χ4n) is 24.3. The van der Waals surface area contributed by atoms with Crippen LogP contribution in [-0.4, -0.2) is 81.1 Å². The van der Waals surface area contributed by atoms with Crippen LogP contribution in [0.3, 0.4) is 0 Å². The molecule has 17 heteroatoms. The van der Waals surface area contributed by atoms with Gasteiger partial charge < -0.3 is 18.9 Å². The number of rotatable bonds is 38. The zero-order valence-electron chi connectivity index (χ0n) is 91.7. The van der Waals surface area contributed by atoms with E-state index in [0.717, 1.165) is 58.5 Å². The second-order valence-corrected chi connectivity index (χ2v) is 75.4. The molecule has 16 aromatic carbocycles. The van der Waals surface area contributed by atoms with E-state index >= 15 is 0 Å². The van der Waals surface area contributed by atoms with Crippen molar-refractivity contribution in [3.63, 3.8) is 0 Å². The Morgan fingerprint density at radius 2 is 0.577 bits per heavy atom. The van der Waals surface area contributed by atoms with Gasteiger partial charge in [0.1, 0.15) is 0 Å². The van der Waals surface area contributed by atoms with Crippen LogP contribution >= 0.6 is 51.1 Å². The second kappa shape index (κ2) is 56.6. The third kappa shape index (κ3) is 31.1. The molecule has 4 nitrogen and oxygen atoms in total. The van der Waals surface area contributed by atoms with E-state index in [-0.39, 0.29) is 27.4 Å². The summed E-state index contributed by atoms with van der Waals surface area (Å²) in [5.74, 6) is 0. The molecule has 3 aliphatic rings. The van der Waals surface area contributed by atoms with Gasteiger partial charge >= 0.3 is 114 Å². The van der Waals surface area contributed by atoms with Crippen LogP contribution in [0.15, 0.2) is 339 Å². The Morgan fingerprint density at radius 3 is 0.899 bits per heavy atom. The molecule has 0 N–H and O–H groups in total. The number of allylic oxidation sites excluding steroid dienone is 4. The summed E-state index contributed by atoms with van der Waals surface area (Å²) in [6.07, 6.45) is 32.1. The maximum absolute atomic E-state index is 5.97. The van der Waals surface area contributed by atoms with Crippen LogP contribution in [0.5, 0.6) is 0 Å². The van der Waals surface area contributed by atoms with Gasteiger partial charge in [0.15, 0.2) is 0 Å². The molecular formula is C132H160Cl6O4Si4Zr3. The predicted octanol–water partition coefficient (Wildman–Crippen LogP) is 36.9. The van der Waals surface area contributed by atoms with E-state index in [4.69, 9.17) is 70.0 Å². The zero-order chi connectivity index (χ0) is 107. The first kappa shape index (κ1) is 120. The number of ether oxygens (including phenoxy) is 4. The Hall–Kier alpha value is -5.56. The van der Waals surface area contributed by atoms with Crippen LogP contribution in [0.4, 0.5) is 0 Å². The zero-order valence-corrected chi connectivity index (χ0v) is 108. The van der Waals surface area contributed by atoms with Crippen molar-refractivity contribution in [2.24, 2.45) is 0 Å². The van der Waals surface area contributed by atoms with Gasteiger partial charge in [0, 0.05) is 60.7 Å². The average molecular weight is 2410 g/mol. The molecular weight excluding hydrogens is 2250 g/mol. The molecule has 1 aliphatic heterocycles. The Balaban J connectivity index is 0.000000162. The summed E-state index contributed by atoms with van der Waals surface area (Å²) >= 11 is -2.48. The predicted molar refractivity (Wildman–Crippen MR) is 654 cm³/mol. The Labute approximate surface area is 955 Å². The SMILES string of the molecule is CC(C)(C)OCCCCCCC1=CC2(C=C1)CC1(c3ccccc3-c3ccccc31)[Si]2(C)C.CC(C)(C)OCCCCCC[Si](C)([c-]1ccc2ccccc21)[c-]1c(Cc2ccccc2)cc2ccccc21.CC(C)(C)OCCCCCC[Si](C)([c-]1ccc2ccccc21)[c-]1c(Cc2ccccc2)cc2ccccc21.CC(C)(C)OCCCCCC[Si](C)([c-]1ccc2ccccc21)[c-]1ccc2ccccc21.[Cl][Zr+2][Cl].[Cl][Zr+2][Cl].[Cl][Zr+2][Cl]. The van der Waals surface area contributed by atoms with Crippen molar-refractivity contribution < 1.29 is 81.5 Å². The molecule has 16 aromatic rings. The molecule has 1 fully saturated rings. The van der Waals surface area contributed by atoms with Gasteiger partial charge in [-0.1, -0.05) is 291 Å². The summed E-state index contributed by atoms with van der Waals surface area (Å²) in [5, 5.41) is 27.4. The minimum atomic E-state index is -2.05. The first-order chi connectivity index (χ1) is 71.5. The van der Waals surface area contributed by atoms with Crippen molar-refractivity contribution in [2.45, 2.75) is 295 Å². The van der Waals surface area contributed by atoms with Gasteiger partial charge in [-0.15, -0.1) is 216 Å². The average Bonchev–Trinajstić information content (AvgIpc) is 1.48. The van der Waals surface area contributed by atoms with Crippen molar-refractivity contribution in [3.8, 4) is 11.1 Å². The van der Waals surface area contributed by atoms with E-state index in [1.54, 1.807) is 47.8 Å². The van der Waals surface area contributed by atoms with Crippen molar-refractivity contribution in [3.05, 3.63) is 373 Å². The minimum absolute atomic E-state index is 0.00898. The van der Waals surface area contributed by atoms with Crippen LogP contribution < -0.4 is 31.1 Å². The molecule has 782 valence electrons. The summed E-state index contributed by atoms with van der Waals surface area (Å²) in [5.41, 5.74) is 13.4. The van der Waals surface area contributed by atoms with Crippen LogP contribution in [0, 0.1) is 0 Å². The number of hydrogen-bond acceptors (Lipinski definition) is 4. The van der Waals surface area contributed by atoms with Crippen LogP contribution in [0.1, 0.15) is 232 Å². The summed E-state index contributed by atoms with van der Waals surface area (Å²) in [4.78, 5) is 0. The molecule has 0 radical (unpaired) electrons. The van der Waals surface area contributed by atoms with Gasteiger partial charge in [-0.3, -0.25) is 0 Å². The number of hydrogen-bond donors (Lipinski definition) is 0. The number of halogens is 6. The van der Waals surface area contributed by atoms with Gasteiger partial charge in [0.05, 0.1) is 30.5 Å². The van der Waals surface area contributed by atoms with Crippen molar-refractivity contribution >= 4 is 179 Å². The van der Waals surface area contributed by atoms with E-state index in [1.165, 1.54) is 212 Å². The van der Waals surface area contributed by atoms with Crippen molar-refractivity contribution in [1.82, 2.24) is 0 Å². The Kier molecular flexibility index (Phi) is 45.7.